The Kier molecular flexibility index (Phi) is 7.99. The van der Waals surface area contributed by atoms with Gasteiger partial charge in [0.15, 0.2) is 0 Å². The maximum absolute atomic E-state index is 2.55. The normalized spacial score (nSPS) is 14.9. The summed E-state index contributed by atoms with van der Waals surface area (Å²) in [7, 11) is 0. The molecule has 1 atom stereocenters. The van der Waals surface area contributed by atoms with Crippen LogP contribution in [-0.2, 0) is 17.3 Å². The van der Waals surface area contributed by atoms with Crippen molar-refractivity contribution in [2.24, 2.45) is 0 Å². The summed E-state index contributed by atoms with van der Waals surface area (Å²) in [6, 6.07) is 62.7. The average molecular weight is 759 g/mol. The van der Waals surface area contributed by atoms with E-state index in [1.165, 1.54) is 117 Å². The first-order chi connectivity index (χ1) is 28.7. The van der Waals surface area contributed by atoms with Gasteiger partial charge in [0.1, 0.15) is 0 Å². The molecule has 0 heteroatoms. The van der Waals surface area contributed by atoms with E-state index in [9.17, 15) is 0 Å². The van der Waals surface area contributed by atoms with Gasteiger partial charge >= 0.3 is 0 Å². The fourth-order valence-electron chi connectivity index (χ4n) is 11.6. The average Bonchev–Trinajstić information content (AvgIpc) is 3.82. The Hall–Kier alpha value is -6.24. The van der Waals surface area contributed by atoms with E-state index in [4.69, 9.17) is 0 Å². The highest BCUT2D eigenvalue weighted by Crippen LogP contribution is 2.65. The van der Waals surface area contributed by atoms with Crippen molar-refractivity contribution >= 4 is 0 Å². The van der Waals surface area contributed by atoms with Crippen molar-refractivity contribution in [3.05, 3.63) is 236 Å². The molecule has 0 aliphatic heterocycles. The molecule has 59 heavy (non-hydrogen) atoms. The molecule has 8 aromatic rings. The summed E-state index contributed by atoms with van der Waals surface area (Å²) in [6.45, 7) is 14.0. The Morgan fingerprint density at radius 2 is 1.02 bits per heavy atom. The highest BCUT2D eigenvalue weighted by atomic mass is 14.5. The molecule has 0 fully saturated rings. The van der Waals surface area contributed by atoms with E-state index >= 15 is 0 Å². The second-order valence-electron chi connectivity index (χ2n) is 18.1. The van der Waals surface area contributed by atoms with E-state index in [1.807, 2.05) is 0 Å². The zero-order valence-corrected chi connectivity index (χ0v) is 35.1. The number of fused-ring (bicyclic) bond motifs is 13. The Bertz CT molecular complexity index is 2950. The zero-order chi connectivity index (χ0) is 40.2. The second-order valence-corrected chi connectivity index (χ2v) is 18.1. The van der Waals surface area contributed by atoms with Crippen LogP contribution in [0.3, 0.4) is 0 Å². The molecule has 11 rings (SSSR count). The molecule has 3 aliphatic rings. The van der Waals surface area contributed by atoms with Crippen molar-refractivity contribution in [2.45, 2.75) is 71.1 Å². The summed E-state index contributed by atoms with van der Waals surface area (Å²) in [5.41, 5.74) is 28.8. The van der Waals surface area contributed by atoms with Gasteiger partial charge < -0.3 is 0 Å². The predicted octanol–water partition coefficient (Wildman–Crippen LogP) is 15.0. The van der Waals surface area contributed by atoms with E-state index in [-0.39, 0.29) is 16.7 Å². The lowest BCUT2D eigenvalue weighted by Gasteiger charge is -2.33. The van der Waals surface area contributed by atoms with Crippen LogP contribution in [-0.4, -0.2) is 0 Å². The highest BCUT2D eigenvalue weighted by Gasteiger charge is 2.53. The lowest BCUT2D eigenvalue weighted by Crippen LogP contribution is -2.27. The monoisotopic (exact) mass is 758 g/mol. The van der Waals surface area contributed by atoms with Gasteiger partial charge in [-0.1, -0.05) is 178 Å². The SMILES string of the molecule is Cc1cc2c(cc1C)C1(c3ccccc3-c3ccccc31)c1c(C)c(C)cc(C(CCc3ccc(-c4cccc5c4-c4ccccc4C5(C)C)cc3)c3ccccc3)c1-2. The molecule has 0 heterocycles. The van der Waals surface area contributed by atoms with Crippen molar-refractivity contribution < 1.29 is 0 Å². The van der Waals surface area contributed by atoms with Crippen LogP contribution in [0.2, 0.25) is 0 Å². The zero-order valence-electron chi connectivity index (χ0n) is 35.1. The first-order valence-electron chi connectivity index (χ1n) is 21.5. The summed E-state index contributed by atoms with van der Waals surface area (Å²) in [6.07, 6.45) is 2.00. The molecule has 0 radical (unpaired) electrons. The lowest BCUT2D eigenvalue weighted by atomic mass is 9.68. The summed E-state index contributed by atoms with van der Waals surface area (Å²) in [5, 5.41) is 0. The van der Waals surface area contributed by atoms with Gasteiger partial charge in [-0.05, 0) is 157 Å². The molecule has 1 unspecified atom stereocenters. The predicted molar refractivity (Wildman–Crippen MR) is 248 cm³/mol. The van der Waals surface area contributed by atoms with Crippen molar-refractivity contribution in [3.63, 3.8) is 0 Å². The lowest BCUT2D eigenvalue weighted by molar-refractivity contribution is 0.660. The Morgan fingerprint density at radius 3 is 1.71 bits per heavy atom. The van der Waals surface area contributed by atoms with Crippen LogP contribution < -0.4 is 0 Å². The maximum atomic E-state index is 2.55. The molecule has 0 saturated carbocycles. The number of rotatable bonds is 6. The van der Waals surface area contributed by atoms with Gasteiger partial charge in [0, 0.05) is 11.3 Å². The second kappa shape index (κ2) is 13.1. The quantitative estimate of drug-likeness (QED) is 0.158. The molecule has 0 nitrogen and oxygen atoms in total. The van der Waals surface area contributed by atoms with Crippen LogP contribution in [0.4, 0.5) is 0 Å². The van der Waals surface area contributed by atoms with Crippen molar-refractivity contribution in [1.29, 1.82) is 0 Å². The Balaban J connectivity index is 1.05. The molecule has 286 valence electrons. The minimum Gasteiger partial charge on any atom is -0.0622 e. The molecular weight excluding hydrogens is 709 g/mol. The number of hydrogen-bond acceptors (Lipinski definition) is 0. The van der Waals surface area contributed by atoms with Crippen molar-refractivity contribution in [1.82, 2.24) is 0 Å². The van der Waals surface area contributed by atoms with Crippen LogP contribution in [0.1, 0.15) is 98.5 Å². The number of hydrogen-bond donors (Lipinski definition) is 0. The number of benzene rings is 8. The minimum absolute atomic E-state index is 0.00887. The van der Waals surface area contributed by atoms with Crippen LogP contribution >= 0.6 is 0 Å². The van der Waals surface area contributed by atoms with Gasteiger partial charge in [0.05, 0.1) is 5.41 Å². The van der Waals surface area contributed by atoms with Gasteiger partial charge in [-0.15, -0.1) is 0 Å². The van der Waals surface area contributed by atoms with Gasteiger partial charge in [-0.3, -0.25) is 0 Å². The first-order valence-corrected chi connectivity index (χ1v) is 21.5. The number of aryl methyl sites for hydroxylation is 4. The highest BCUT2D eigenvalue weighted by molar-refractivity contribution is 5.98. The topological polar surface area (TPSA) is 0 Å². The molecule has 0 amide bonds. The summed E-state index contributed by atoms with van der Waals surface area (Å²) in [4.78, 5) is 0. The third-order valence-corrected chi connectivity index (χ3v) is 14.7. The fourth-order valence-corrected chi connectivity index (χ4v) is 11.6. The maximum Gasteiger partial charge on any atom is 0.0728 e. The molecule has 0 bridgehead atoms. The van der Waals surface area contributed by atoms with E-state index in [1.54, 1.807) is 0 Å². The van der Waals surface area contributed by atoms with E-state index in [2.05, 4.69) is 205 Å². The smallest absolute Gasteiger partial charge is 0.0622 e. The fraction of sp³-hybridized carbons (Fsp3) is 0.186. The van der Waals surface area contributed by atoms with Crippen molar-refractivity contribution in [2.75, 3.05) is 0 Å². The van der Waals surface area contributed by atoms with Gasteiger partial charge in [-0.25, -0.2) is 0 Å². The largest absolute Gasteiger partial charge is 0.0728 e. The van der Waals surface area contributed by atoms with Gasteiger partial charge in [-0.2, -0.15) is 0 Å². The van der Waals surface area contributed by atoms with Gasteiger partial charge in [0.25, 0.3) is 0 Å². The minimum atomic E-state index is -0.369. The molecule has 1 spiro atoms. The third-order valence-electron chi connectivity index (χ3n) is 14.7. The molecule has 3 aliphatic carbocycles. The first kappa shape index (κ1) is 35.9. The molecule has 0 aromatic heterocycles. The summed E-state index contributed by atoms with van der Waals surface area (Å²) < 4.78 is 0. The Labute approximate surface area is 350 Å². The van der Waals surface area contributed by atoms with E-state index in [0.29, 0.717) is 0 Å². The van der Waals surface area contributed by atoms with Crippen LogP contribution in [0.5, 0.6) is 0 Å². The van der Waals surface area contributed by atoms with E-state index < -0.39 is 0 Å². The molecule has 0 saturated heterocycles. The summed E-state index contributed by atoms with van der Waals surface area (Å²) >= 11 is 0. The Morgan fingerprint density at radius 1 is 0.441 bits per heavy atom. The van der Waals surface area contributed by atoms with Crippen LogP contribution in [0.15, 0.2) is 164 Å². The van der Waals surface area contributed by atoms with Crippen LogP contribution in [0.25, 0.3) is 44.5 Å². The van der Waals surface area contributed by atoms with E-state index in [0.717, 1.165) is 12.8 Å². The third kappa shape index (κ3) is 5.02. The standard InChI is InChI=1S/C59H50/c1-36-33-49-54(35-37(36)2)59(51-24-14-10-19-45(51)46-20-11-15-25-52(46)59)57-39(4)38(3)34-48(56(49)57)43(41-17-8-7-9-18-41)32-29-40-27-30-42(31-28-40)44-22-16-26-53-55(44)47-21-12-13-23-50(47)58(53,5)6/h7-28,30-31,33-35,43H,29,32H2,1-6H3. The molecule has 8 aromatic carbocycles. The van der Waals surface area contributed by atoms with Crippen LogP contribution in [0, 0.1) is 27.7 Å². The molecule has 0 N–H and O–H groups in total. The van der Waals surface area contributed by atoms with Crippen molar-refractivity contribution in [3.8, 4) is 44.5 Å². The van der Waals surface area contributed by atoms with Gasteiger partial charge in [0.2, 0.25) is 0 Å². The molecular formula is C59H50. The summed E-state index contributed by atoms with van der Waals surface area (Å²) in [5.74, 6) is 0.219.